The average Bonchev–Trinajstić information content (AvgIpc) is 3.04. The summed E-state index contributed by atoms with van der Waals surface area (Å²) in [5.74, 6) is 0.435. The van der Waals surface area contributed by atoms with Crippen LogP contribution in [0, 0.1) is 0 Å². The second kappa shape index (κ2) is 4.45. The van der Waals surface area contributed by atoms with Crippen LogP contribution in [-0.4, -0.2) is 26.1 Å². The van der Waals surface area contributed by atoms with Crippen LogP contribution in [0.15, 0.2) is 30.7 Å². The van der Waals surface area contributed by atoms with Gasteiger partial charge in [-0.1, -0.05) is 0 Å². The Morgan fingerprint density at radius 2 is 2.32 bits per heavy atom. The zero-order valence-electron chi connectivity index (χ0n) is 9.97. The van der Waals surface area contributed by atoms with E-state index >= 15 is 0 Å². The van der Waals surface area contributed by atoms with Gasteiger partial charge < -0.3 is 16.0 Å². The highest BCUT2D eigenvalue weighted by Gasteiger charge is 2.12. The zero-order valence-corrected chi connectivity index (χ0v) is 9.97. The number of rotatable bonds is 3. The molecule has 0 aliphatic carbocycles. The third kappa shape index (κ3) is 2.13. The average molecular weight is 256 g/mol. The minimum absolute atomic E-state index is 0.174. The molecular weight excluding hydrogens is 244 g/mol. The van der Waals surface area contributed by atoms with Crippen LogP contribution in [-0.2, 0) is 6.54 Å². The van der Waals surface area contributed by atoms with Crippen molar-refractivity contribution in [2.24, 2.45) is 0 Å². The lowest BCUT2D eigenvalue weighted by atomic mass is 10.1. The van der Waals surface area contributed by atoms with E-state index in [4.69, 9.17) is 5.73 Å². The van der Waals surface area contributed by atoms with Crippen LogP contribution < -0.4 is 11.1 Å². The van der Waals surface area contributed by atoms with E-state index in [0.717, 1.165) is 10.9 Å². The number of nitrogens with one attached hydrogen (secondary N) is 3. The minimum atomic E-state index is -0.174. The normalized spacial score (nSPS) is 10.7. The smallest absolute Gasteiger partial charge is 0.253 e. The zero-order chi connectivity index (χ0) is 13.2. The maximum Gasteiger partial charge on any atom is 0.253 e. The lowest BCUT2D eigenvalue weighted by Crippen LogP contribution is -2.23. The van der Waals surface area contributed by atoms with Crippen molar-refractivity contribution < 1.29 is 4.79 Å². The number of benzene rings is 1. The van der Waals surface area contributed by atoms with Crippen LogP contribution >= 0.6 is 0 Å². The molecule has 0 saturated carbocycles. The van der Waals surface area contributed by atoms with E-state index in [2.05, 4.69) is 25.5 Å². The van der Waals surface area contributed by atoms with E-state index in [1.807, 2.05) is 6.07 Å². The number of nitrogens with two attached hydrogens (primary N) is 1. The van der Waals surface area contributed by atoms with Crippen molar-refractivity contribution in [2.45, 2.75) is 6.54 Å². The summed E-state index contributed by atoms with van der Waals surface area (Å²) in [5.41, 5.74) is 7.76. The first-order valence-electron chi connectivity index (χ1n) is 5.73. The highest BCUT2D eigenvalue weighted by atomic mass is 16.1. The van der Waals surface area contributed by atoms with Crippen LogP contribution in [0.2, 0.25) is 0 Å². The van der Waals surface area contributed by atoms with Crippen molar-refractivity contribution in [3.05, 3.63) is 42.1 Å². The van der Waals surface area contributed by atoms with E-state index in [-0.39, 0.29) is 5.91 Å². The van der Waals surface area contributed by atoms with Crippen molar-refractivity contribution in [1.29, 1.82) is 0 Å². The summed E-state index contributed by atoms with van der Waals surface area (Å²) in [5, 5.41) is 10.0. The maximum absolute atomic E-state index is 12.1. The lowest BCUT2D eigenvalue weighted by molar-refractivity contribution is 0.0951. The molecule has 7 heteroatoms. The number of nitrogen functional groups attached to an aromatic ring is 1. The van der Waals surface area contributed by atoms with Gasteiger partial charge in [0.05, 0.1) is 12.1 Å². The summed E-state index contributed by atoms with van der Waals surface area (Å²) < 4.78 is 0. The van der Waals surface area contributed by atoms with Crippen LogP contribution in [0.4, 0.5) is 5.69 Å². The Balaban J connectivity index is 1.81. The summed E-state index contributed by atoms with van der Waals surface area (Å²) in [7, 11) is 0. The number of carbonyl (C=O) groups is 1. The molecule has 19 heavy (non-hydrogen) atoms. The highest BCUT2D eigenvalue weighted by molar-refractivity contribution is 6.07. The fourth-order valence-electron chi connectivity index (χ4n) is 1.91. The highest BCUT2D eigenvalue weighted by Crippen LogP contribution is 2.20. The largest absolute Gasteiger partial charge is 0.399 e. The number of fused-ring (bicyclic) bond motifs is 1. The minimum Gasteiger partial charge on any atom is -0.399 e. The third-order valence-corrected chi connectivity index (χ3v) is 2.83. The number of anilines is 1. The Bertz CT molecular complexity index is 715. The number of aromatic amines is 2. The van der Waals surface area contributed by atoms with Crippen molar-refractivity contribution in [3.63, 3.8) is 0 Å². The van der Waals surface area contributed by atoms with Gasteiger partial charge in [0.25, 0.3) is 5.91 Å². The molecule has 2 aromatic heterocycles. The van der Waals surface area contributed by atoms with E-state index in [9.17, 15) is 4.79 Å². The molecule has 0 bridgehead atoms. The maximum atomic E-state index is 12.1. The van der Waals surface area contributed by atoms with Crippen molar-refractivity contribution in [2.75, 3.05) is 5.73 Å². The summed E-state index contributed by atoms with van der Waals surface area (Å²) >= 11 is 0. The molecule has 0 aliphatic heterocycles. The van der Waals surface area contributed by atoms with E-state index in [1.54, 1.807) is 18.3 Å². The molecule has 0 unspecified atom stereocenters. The van der Waals surface area contributed by atoms with Gasteiger partial charge >= 0.3 is 0 Å². The molecule has 0 aliphatic rings. The topological polar surface area (TPSA) is 112 Å². The van der Waals surface area contributed by atoms with Gasteiger partial charge in [-0.25, -0.2) is 4.98 Å². The summed E-state index contributed by atoms with van der Waals surface area (Å²) in [6, 6.07) is 5.39. The first kappa shape index (κ1) is 11.3. The number of amides is 1. The van der Waals surface area contributed by atoms with Crippen molar-refractivity contribution in [3.8, 4) is 0 Å². The Morgan fingerprint density at radius 3 is 3.11 bits per heavy atom. The molecular formula is C12H12N6O. The second-order valence-electron chi connectivity index (χ2n) is 4.12. The Labute approximate surface area is 108 Å². The van der Waals surface area contributed by atoms with Gasteiger partial charge in [0.2, 0.25) is 0 Å². The van der Waals surface area contributed by atoms with Crippen molar-refractivity contribution >= 4 is 22.5 Å². The number of carbonyl (C=O) groups excluding carboxylic acids is 1. The number of hydrogen-bond donors (Lipinski definition) is 4. The van der Waals surface area contributed by atoms with E-state index < -0.39 is 0 Å². The molecule has 0 spiro atoms. The van der Waals surface area contributed by atoms with E-state index in [1.165, 1.54) is 6.33 Å². The first-order chi connectivity index (χ1) is 9.24. The molecule has 1 aromatic carbocycles. The number of aromatic nitrogens is 4. The fourth-order valence-corrected chi connectivity index (χ4v) is 1.91. The molecule has 0 radical (unpaired) electrons. The predicted molar refractivity (Wildman–Crippen MR) is 70.3 cm³/mol. The SMILES string of the molecule is Nc1ccc2c(C(=O)NCc3ncn[nH]3)c[nH]c2c1. The molecule has 0 fully saturated rings. The first-order valence-corrected chi connectivity index (χ1v) is 5.73. The quantitative estimate of drug-likeness (QED) is 0.519. The van der Waals surface area contributed by atoms with Gasteiger partial charge in [0, 0.05) is 22.8 Å². The van der Waals surface area contributed by atoms with Gasteiger partial charge in [-0.05, 0) is 18.2 Å². The Morgan fingerprint density at radius 1 is 1.42 bits per heavy atom. The number of hydrogen-bond acceptors (Lipinski definition) is 4. The molecule has 0 saturated heterocycles. The van der Waals surface area contributed by atoms with Crippen LogP contribution in [0.5, 0.6) is 0 Å². The second-order valence-corrected chi connectivity index (χ2v) is 4.12. The molecule has 7 nitrogen and oxygen atoms in total. The summed E-state index contributed by atoms with van der Waals surface area (Å²) in [6.07, 6.45) is 3.07. The molecule has 3 rings (SSSR count). The van der Waals surface area contributed by atoms with Crippen molar-refractivity contribution in [1.82, 2.24) is 25.5 Å². The van der Waals surface area contributed by atoms with Gasteiger partial charge in [-0.15, -0.1) is 0 Å². The Kier molecular flexibility index (Phi) is 2.64. The lowest BCUT2D eigenvalue weighted by Gasteiger charge is -2.02. The Hall–Kier alpha value is -2.83. The molecule has 1 amide bonds. The van der Waals surface area contributed by atoms with Gasteiger partial charge in [0.1, 0.15) is 12.2 Å². The predicted octanol–water partition coefficient (Wildman–Crippen LogP) is 0.798. The fraction of sp³-hybridized carbons (Fsp3) is 0.0833. The van der Waals surface area contributed by atoms with Crippen LogP contribution in [0.3, 0.4) is 0 Å². The third-order valence-electron chi connectivity index (χ3n) is 2.83. The molecule has 96 valence electrons. The van der Waals surface area contributed by atoms with E-state index in [0.29, 0.717) is 23.6 Å². The number of H-pyrrole nitrogens is 2. The number of nitrogens with zero attached hydrogens (tertiary/aromatic N) is 2. The molecule has 0 atom stereocenters. The van der Waals surface area contributed by atoms with Crippen LogP contribution in [0.1, 0.15) is 16.2 Å². The standard InChI is InChI=1S/C12H12N6O/c13-7-1-2-8-9(4-14-10(8)3-7)12(19)15-5-11-16-6-17-18-11/h1-4,6,14H,5,13H2,(H,15,19)(H,16,17,18). The summed E-state index contributed by atoms with van der Waals surface area (Å²) in [6.45, 7) is 0.306. The molecule has 5 N–H and O–H groups in total. The van der Waals surface area contributed by atoms with Gasteiger partial charge in [0.15, 0.2) is 0 Å². The molecule has 2 heterocycles. The van der Waals surface area contributed by atoms with Gasteiger partial charge in [-0.2, -0.15) is 5.10 Å². The molecule has 3 aromatic rings. The summed E-state index contributed by atoms with van der Waals surface area (Å²) in [4.78, 5) is 19.0. The van der Waals surface area contributed by atoms with Gasteiger partial charge in [-0.3, -0.25) is 9.89 Å². The van der Waals surface area contributed by atoms with Crippen LogP contribution in [0.25, 0.3) is 10.9 Å². The monoisotopic (exact) mass is 256 g/mol.